The van der Waals surface area contributed by atoms with Crippen molar-refractivity contribution >= 4 is 24.1 Å². The summed E-state index contributed by atoms with van der Waals surface area (Å²) in [5, 5.41) is 11.2. The number of carbonyl (C=O) groups is 1. The standard InChI is InChI=1S/C15H21N3O5.ClH/c1-22-15(19)10-23-14-5-4-11(7-13(14)18(20)21)9-17-6-2-3-12(17)8-16;/h4-5,7,12H,2-3,6,8-10,16H2,1H3;1H. The molecule has 1 aliphatic heterocycles. The van der Waals surface area contributed by atoms with Crippen LogP contribution in [0.5, 0.6) is 5.75 Å². The van der Waals surface area contributed by atoms with E-state index in [0.717, 1.165) is 24.9 Å². The molecule has 0 bridgehead atoms. The zero-order valence-corrected chi connectivity index (χ0v) is 14.3. The molecule has 1 unspecified atom stereocenters. The fourth-order valence-electron chi connectivity index (χ4n) is 2.73. The number of nitro benzene ring substituents is 1. The monoisotopic (exact) mass is 359 g/mol. The molecule has 0 aromatic heterocycles. The van der Waals surface area contributed by atoms with E-state index >= 15 is 0 Å². The van der Waals surface area contributed by atoms with Crippen molar-refractivity contribution in [1.29, 1.82) is 0 Å². The lowest BCUT2D eigenvalue weighted by atomic mass is 10.1. The zero-order chi connectivity index (χ0) is 16.8. The van der Waals surface area contributed by atoms with Gasteiger partial charge in [-0.1, -0.05) is 6.07 Å². The molecule has 24 heavy (non-hydrogen) atoms. The van der Waals surface area contributed by atoms with Gasteiger partial charge in [0, 0.05) is 25.2 Å². The Morgan fingerprint density at radius 2 is 2.25 bits per heavy atom. The molecule has 0 radical (unpaired) electrons. The second-order valence-electron chi connectivity index (χ2n) is 5.43. The highest BCUT2D eigenvalue weighted by Gasteiger charge is 2.24. The topological polar surface area (TPSA) is 108 Å². The predicted molar refractivity (Wildman–Crippen MR) is 90.3 cm³/mol. The number of nitro groups is 1. The highest BCUT2D eigenvalue weighted by Crippen LogP contribution is 2.29. The molecule has 2 rings (SSSR count). The van der Waals surface area contributed by atoms with Crippen LogP contribution in [0.1, 0.15) is 18.4 Å². The lowest BCUT2D eigenvalue weighted by Gasteiger charge is -2.23. The van der Waals surface area contributed by atoms with E-state index in [-0.39, 0.29) is 30.5 Å². The predicted octanol–water partition coefficient (Wildman–Crippen LogP) is 1.49. The maximum absolute atomic E-state index is 11.2. The number of esters is 1. The second-order valence-corrected chi connectivity index (χ2v) is 5.43. The first kappa shape index (κ1) is 20.1. The maximum Gasteiger partial charge on any atom is 0.343 e. The molecule has 1 aromatic rings. The van der Waals surface area contributed by atoms with Gasteiger partial charge in [0.05, 0.1) is 12.0 Å². The minimum atomic E-state index is -0.591. The van der Waals surface area contributed by atoms with Crippen molar-refractivity contribution < 1.29 is 19.2 Å². The van der Waals surface area contributed by atoms with Crippen LogP contribution in [0.3, 0.4) is 0 Å². The first-order chi connectivity index (χ1) is 11.0. The van der Waals surface area contributed by atoms with Crippen molar-refractivity contribution in [2.24, 2.45) is 5.73 Å². The molecule has 1 heterocycles. The van der Waals surface area contributed by atoms with Crippen molar-refractivity contribution in [3.05, 3.63) is 33.9 Å². The molecule has 1 saturated heterocycles. The van der Waals surface area contributed by atoms with Gasteiger partial charge in [-0.15, -0.1) is 12.4 Å². The van der Waals surface area contributed by atoms with Crippen LogP contribution in [0.15, 0.2) is 18.2 Å². The molecule has 1 fully saturated rings. The lowest BCUT2D eigenvalue weighted by Crippen LogP contribution is -2.34. The van der Waals surface area contributed by atoms with Crippen LogP contribution < -0.4 is 10.5 Å². The Morgan fingerprint density at radius 1 is 1.50 bits per heavy atom. The van der Waals surface area contributed by atoms with E-state index in [1.54, 1.807) is 6.07 Å². The highest BCUT2D eigenvalue weighted by atomic mass is 35.5. The van der Waals surface area contributed by atoms with Crippen molar-refractivity contribution in [3.63, 3.8) is 0 Å². The molecule has 1 aromatic carbocycles. The number of carbonyl (C=O) groups excluding carboxylic acids is 1. The smallest absolute Gasteiger partial charge is 0.343 e. The molecule has 1 atom stereocenters. The zero-order valence-electron chi connectivity index (χ0n) is 13.5. The van der Waals surface area contributed by atoms with E-state index in [9.17, 15) is 14.9 Å². The minimum Gasteiger partial charge on any atom is -0.475 e. The summed E-state index contributed by atoms with van der Waals surface area (Å²) >= 11 is 0. The Labute approximate surface area is 146 Å². The van der Waals surface area contributed by atoms with Gasteiger partial charge in [0.15, 0.2) is 12.4 Å². The number of hydrogen-bond donors (Lipinski definition) is 1. The number of nitrogens with two attached hydrogens (primary N) is 1. The number of benzene rings is 1. The molecule has 8 nitrogen and oxygen atoms in total. The number of rotatable bonds is 7. The summed E-state index contributed by atoms with van der Waals surface area (Å²) in [5.74, 6) is -0.535. The first-order valence-electron chi connectivity index (χ1n) is 7.46. The van der Waals surface area contributed by atoms with Crippen LogP contribution in [0.4, 0.5) is 5.69 Å². The third-order valence-corrected chi connectivity index (χ3v) is 3.95. The lowest BCUT2D eigenvalue weighted by molar-refractivity contribution is -0.385. The van der Waals surface area contributed by atoms with E-state index in [1.807, 2.05) is 0 Å². The first-order valence-corrected chi connectivity index (χ1v) is 7.46. The third-order valence-electron chi connectivity index (χ3n) is 3.95. The van der Waals surface area contributed by atoms with Crippen LogP contribution in [-0.4, -0.2) is 48.6 Å². The Kier molecular flexibility index (Phi) is 7.90. The molecule has 1 aliphatic rings. The van der Waals surface area contributed by atoms with Gasteiger partial charge in [0.1, 0.15) is 0 Å². The molecular weight excluding hydrogens is 338 g/mol. The summed E-state index contributed by atoms with van der Waals surface area (Å²) in [6.07, 6.45) is 2.14. The van der Waals surface area contributed by atoms with E-state index in [4.69, 9.17) is 10.5 Å². The SMILES string of the molecule is COC(=O)COc1ccc(CN2CCCC2CN)cc1[N+](=O)[O-].Cl. The molecule has 0 aliphatic carbocycles. The summed E-state index contributed by atoms with van der Waals surface area (Å²) in [6.45, 7) is 1.77. The summed E-state index contributed by atoms with van der Waals surface area (Å²) in [6, 6.07) is 5.10. The van der Waals surface area contributed by atoms with Crippen LogP contribution in [0.25, 0.3) is 0 Å². The number of nitrogens with zero attached hydrogens (tertiary/aromatic N) is 2. The average molecular weight is 360 g/mol. The fourth-order valence-corrected chi connectivity index (χ4v) is 2.73. The van der Waals surface area contributed by atoms with Gasteiger partial charge in [0.2, 0.25) is 0 Å². The minimum absolute atomic E-state index is 0. The van der Waals surface area contributed by atoms with Gasteiger partial charge < -0.3 is 15.2 Å². The quantitative estimate of drug-likeness (QED) is 0.446. The number of methoxy groups -OCH3 is 1. The van der Waals surface area contributed by atoms with Crippen molar-refractivity contribution in [2.75, 3.05) is 26.8 Å². The number of ether oxygens (including phenoxy) is 2. The molecule has 134 valence electrons. The van der Waals surface area contributed by atoms with E-state index < -0.39 is 10.9 Å². The molecule has 0 spiro atoms. The Hall–Kier alpha value is -1.90. The third kappa shape index (κ3) is 5.05. The molecule has 2 N–H and O–H groups in total. The second kappa shape index (κ2) is 9.41. The van der Waals surface area contributed by atoms with Gasteiger partial charge in [-0.05, 0) is 31.0 Å². The van der Waals surface area contributed by atoms with E-state index in [2.05, 4.69) is 9.64 Å². The van der Waals surface area contributed by atoms with Crippen molar-refractivity contribution in [2.45, 2.75) is 25.4 Å². The van der Waals surface area contributed by atoms with Gasteiger partial charge in [0.25, 0.3) is 0 Å². The summed E-state index contributed by atoms with van der Waals surface area (Å²) < 4.78 is 9.63. The Bertz CT molecular complexity index is 584. The molecule has 9 heteroatoms. The molecule has 0 saturated carbocycles. The summed E-state index contributed by atoms with van der Waals surface area (Å²) in [5.41, 5.74) is 6.41. The molecule has 0 amide bonds. The maximum atomic E-state index is 11.2. The average Bonchev–Trinajstić information content (AvgIpc) is 3.00. The van der Waals surface area contributed by atoms with Crippen molar-refractivity contribution in [1.82, 2.24) is 4.90 Å². The van der Waals surface area contributed by atoms with Gasteiger partial charge >= 0.3 is 11.7 Å². The molecular formula is C15H22ClN3O5. The van der Waals surface area contributed by atoms with Crippen LogP contribution in [-0.2, 0) is 16.1 Å². The summed E-state index contributed by atoms with van der Waals surface area (Å²) in [4.78, 5) is 24.0. The number of likely N-dealkylation sites (tertiary alicyclic amines) is 1. The van der Waals surface area contributed by atoms with E-state index in [0.29, 0.717) is 19.1 Å². The largest absolute Gasteiger partial charge is 0.475 e. The Balaban J connectivity index is 0.00000288. The van der Waals surface area contributed by atoms with Crippen LogP contribution in [0.2, 0.25) is 0 Å². The van der Waals surface area contributed by atoms with Gasteiger partial charge in [-0.2, -0.15) is 0 Å². The van der Waals surface area contributed by atoms with Crippen molar-refractivity contribution in [3.8, 4) is 5.75 Å². The van der Waals surface area contributed by atoms with Gasteiger partial charge in [-0.3, -0.25) is 15.0 Å². The highest BCUT2D eigenvalue weighted by molar-refractivity contribution is 5.85. The summed E-state index contributed by atoms with van der Waals surface area (Å²) in [7, 11) is 1.23. The number of hydrogen-bond acceptors (Lipinski definition) is 7. The number of halogens is 1. The Morgan fingerprint density at radius 3 is 2.88 bits per heavy atom. The van der Waals surface area contributed by atoms with Crippen LogP contribution >= 0.6 is 12.4 Å². The normalized spacial score (nSPS) is 17.2. The fraction of sp³-hybridized carbons (Fsp3) is 0.533. The van der Waals surface area contributed by atoms with Crippen LogP contribution in [0, 0.1) is 10.1 Å². The van der Waals surface area contributed by atoms with E-state index in [1.165, 1.54) is 19.2 Å². The van der Waals surface area contributed by atoms with Gasteiger partial charge in [-0.25, -0.2) is 4.79 Å².